The third-order valence-electron chi connectivity index (χ3n) is 4.05. The molecule has 1 aromatic heterocycles. The number of aromatic nitrogens is 1. The number of methoxy groups -OCH3 is 1. The van der Waals surface area contributed by atoms with Crippen molar-refractivity contribution in [2.45, 2.75) is 38.8 Å². The molecule has 1 atom stereocenters. The standard InChI is InChI=1S/C20H27N3O5/c1-20(2,3)28-19(26)22-15(18(25)21-11-17(24)27-5)10-13-12-23(4)16-9-7-6-8-14(13)16/h6-9,12,15H,10-11H2,1-5H3,(H,21,25)(H,22,26)/t15-/m1/s1. The molecule has 2 rings (SSSR count). The molecule has 0 spiro atoms. The minimum Gasteiger partial charge on any atom is -0.468 e. The zero-order chi connectivity index (χ0) is 20.9. The van der Waals surface area contributed by atoms with E-state index in [1.54, 1.807) is 20.8 Å². The number of esters is 1. The van der Waals surface area contributed by atoms with E-state index in [4.69, 9.17) is 4.74 Å². The Bertz CT molecular complexity index is 866. The first-order valence-electron chi connectivity index (χ1n) is 8.97. The van der Waals surface area contributed by atoms with Gasteiger partial charge in [0.25, 0.3) is 0 Å². The quantitative estimate of drug-likeness (QED) is 0.736. The number of aryl methyl sites for hydroxylation is 1. The highest BCUT2D eigenvalue weighted by atomic mass is 16.6. The zero-order valence-electron chi connectivity index (χ0n) is 16.9. The van der Waals surface area contributed by atoms with E-state index in [0.29, 0.717) is 0 Å². The summed E-state index contributed by atoms with van der Waals surface area (Å²) in [6, 6.07) is 6.88. The smallest absolute Gasteiger partial charge is 0.408 e. The second-order valence-electron chi connectivity index (χ2n) is 7.48. The molecule has 2 aromatic rings. The summed E-state index contributed by atoms with van der Waals surface area (Å²) < 4.78 is 11.8. The molecule has 0 aliphatic heterocycles. The van der Waals surface area contributed by atoms with Crippen molar-refractivity contribution in [3.8, 4) is 0 Å². The fraction of sp³-hybridized carbons (Fsp3) is 0.450. The highest BCUT2D eigenvalue weighted by Gasteiger charge is 2.26. The summed E-state index contributed by atoms with van der Waals surface area (Å²) in [5.74, 6) is -1.07. The fourth-order valence-corrected chi connectivity index (χ4v) is 2.82. The number of para-hydroxylation sites is 1. The summed E-state index contributed by atoms with van der Waals surface area (Å²) in [4.78, 5) is 36.2. The van der Waals surface area contributed by atoms with Crippen LogP contribution in [0.25, 0.3) is 10.9 Å². The van der Waals surface area contributed by atoms with Crippen LogP contribution in [0.1, 0.15) is 26.3 Å². The number of nitrogens with one attached hydrogen (secondary N) is 2. The Hall–Kier alpha value is -3.03. The van der Waals surface area contributed by atoms with Gasteiger partial charge < -0.3 is 24.7 Å². The van der Waals surface area contributed by atoms with E-state index in [0.717, 1.165) is 16.5 Å². The Morgan fingerprint density at radius 2 is 1.86 bits per heavy atom. The van der Waals surface area contributed by atoms with Gasteiger partial charge in [0.2, 0.25) is 5.91 Å². The number of nitrogens with zero attached hydrogens (tertiary/aromatic N) is 1. The number of rotatable bonds is 6. The molecular formula is C20H27N3O5. The Morgan fingerprint density at radius 1 is 1.18 bits per heavy atom. The number of ether oxygens (including phenoxy) is 2. The number of alkyl carbamates (subject to hydrolysis) is 1. The predicted molar refractivity (Wildman–Crippen MR) is 105 cm³/mol. The normalized spacial score (nSPS) is 12.3. The monoisotopic (exact) mass is 389 g/mol. The molecule has 1 heterocycles. The molecule has 1 aromatic carbocycles. The molecule has 0 unspecified atom stereocenters. The molecule has 2 N–H and O–H groups in total. The molecule has 0 radical (unpaired) electrons. The highest BCUT2D eigenvalue weighted by Crippen LogP contribution is 2.21. The van der Waals surface area contributed by atoms with Crippen LogP contribution in [-0.2, 0) is 32.5 Å². The summed E-state index contributed by atoms with van der Waals surface area (Å²) >= 11 is 0. The van der Waals surface area contributed by atoms with Crippen molar-refractivity contribution in [3.05, 3.63) is 36.0 Å². The van der Waals surface area contributed by atoms with Crippen LogP contribution >= 0.6 is 0 Å². The number of amides is 2. The average molecular weight is 389 g/mol. The minimum absolute atomic E-state index is 0.244. The minimum atomic E-state index is -0.912. The fourth-order valence-electron chi connectivity index (χ4n) is 2.82. The maximum atomic E-state index is 12.6. The van der Waals surface area contributed by atoms with Crippen LogP contribution in [0.4, 0.5) is 4.79 Å². The maximum Gasteiger partial charge on any atom is 0.408 e. The van der Waals surface area contributed by atoms with Crippen LogP contribution in [0.3, 0.4) is 0 Å². The Labute approximate surface area is 164 Å². The first-order chi connectivity index (χ1) is 13.1. The van der Waals surface area contributed by atoms with Gasteiger partial charge in [-0.25, -0.2) is 4.79 Å². The van der Waals surface area contributed by atoms with E-state index >= 15 is 0 Å². The predicted octanol–water partition coefficient (Wildman–Crippen LogP) is 1.90. The van der Waals surface area contributed by atoms with Crippen LogP contribution in [0, 0.1) is 0 Å². The van der Waals surface area contributed by atoms with Crippen molar-refractivity contribution in [2.75, 3.05) is 13.7 Å². The summed E-state index contributed by atoms with van der Waals surface area (Å²) in [7, 11) is 3.15. The number of hydrogen-bond acceptors (Lipinski definition) is 5. The molecule has 152 valence electrons. The molecule has 0 fully saturated rings. The molecule has 0 saturated heterocycles. The van der Waals surface area contributed by atoms with Crippen molar-refractivity contribution in [1.29, 1.82) is 0 Å². The second kappa shape index (κ2) is 8.77. The van der Waals surface area contributed by atoms with Crippen molar-refractivity contribution in [3.63, 3.8) is 0 Å². The van der Waals surface area contributed by atoms with Gasteiger partial charge in [0.1, 0.15) is 18.2 Å². The molecule has 8 nitrogen and oxygen atoms in total. The average Bonchev–Trinajstić information content (AvgIpc) is 2.93. The molecule has 8 heteroatoms. The Kier molecular flexibility index (Phi) is 6.66. The van der Waals surface area contributed by atoms with Gasteiger partial charge in [-0.3, -0.25) is 9.59 Å². The van der Waals surface area contributed by atoms with Crippen molar-refractivity contribution in [1.82, 2.24) is 15.2 Å². The molecule has 0 aliphatic rings. The van der Waals surface area contributed by atoms with Crippen molar-refractivity contribution < 1.29 is 23.9 Å². The first-order valence-corrected chi connectivity index (χ1v) is 8.97. The summed E-state index contributed by atoms with van der Waals surface area (Å²) in [5.41, 5.74) is 1.21. The van der Waals surface area contributed by atoms with E-state index in [1.165, 1.54) is 7.11 Å². The SMILES string of the molecule is COC(=O)CNC(=O)[C@@H](Cc1cn(C)c2ccccc12)NC(=O)OC(C)(C)C. The zero-order valence-corrected chi connectivity index (χ0v) is 16.9. The Morgan fingerprint density at radius 3 is 2.50 bits per heavy atom. The van der Waals surface area contributed by atoms with E-state index in [9.17, 15) is 14.4 Å². The third kappa shape index (κ3) is 5.73. The lowest BCUT2D eigenvalue weighted by Gasteiger charge is -2.23. The van der Waals surface area contributed by atoms with E-state index in [-0.39, 0.29) is 13.0 Å². The largest absolute Gasteiger partial charge is 0.468 e. The maximum absolute atomic E-state index is 12.6. The van der Waals surface area contributed by atoms with Crippen LogP contribution in [-0.4, -0.2) is 47.8 Å². The van der Waals surface area contributed by atoms with Crippen molar-refractivity contribution in [2.24, 2.45) is 7.05 Å². The second-order valence-corrected chi connectivity index (χ2v) is 7.48. The van der Waals surface area contributed by atoms with E-state index in [1.807, 2.05) is 42.1 Å². The lowest BCUT2D eigenvalue weighted by molar-refractivity contribution is -0.141. The van der Waals surface area contributed by atoms with Gasteiger partial charge in [0.05, 0.1) is 7.11 Å². The summed E-state index contributed by atoms with van der Waals surface area (Å²) in [6.07, 6.45) is 1.46. The molecule has 28 heavy (non-hydrogen) atoms. The van der Waals surface area contributed by atoms with Crippen molar-refractivity contribution >= 4 is 28.9 Å². The number of carbonyl (C=O) groups is 3. The Balaban J connectivity index is 2.22. The van der Waals surface area contributed by atoms with Gasteiger partial charge in [0, 0.05) is 30.6 Å². The van der Waals surface area contributed by atoms with Gasteiger partial charge in [-0.05, 0) is 32.4 Å². The van der Waals surface area contributed by atoms with Crippen LogP contribution in [0.5, 0.6) is 0 Å². The van der Waals surface area contributed by atoms with Crippen LogP contribution < -0.4 is 10.6 Å². The van der Waals surface area contributed by atoms with Gasteiger partial charge in [-0.1, -0.05) is 18.2 Å². The van der Waals surface area contributed by atoms with Gasteiger partial charge in [0.15, 0.2) is 0 Å². The summed E-state index contributed by atoms with van der Waals surface area (Å²) in [5, 5.41) is 6.08. The van der Waals surface area contributed by atoms with Gasteiger partial charge in [-0.2, -0.15) is 0 Å². The molecule has 2 amide bonds. The van der Waals surface area contributed by atoms with Gasteiger partial charge in [-0.15, -0.1) is 0 Å². The summed E-state index contributed by atoms with van der Waals surface area (Å²) in [6.45, 7) is 4.94. The number of benzene rings is 1. The number of hydrogen-bond donors (Lipinski definition) is 2. The first kappa shape index (κ1) is 21.3. The number of carbonyl (C=O) groups excluding carboxylic acids is 3. The molecule has 0 saturated carbocycles. The van der Waals surface area contributed by atoms with Gasteiger partial charge >= 0.3 is 12.1 Å². The molecule has 0 bridgehead atoms. The lowest BCUT2D eigenvalue weighted by Crippen LogP contribution is -2.50. The third-order valence-corrected chi connectivity index (χ3v) is 4.05. The van der Waals surface area contributed by atoms with E-state index in [2.05, 4.69) is 15.4 Å². The van der Waals surface area contributed by atoms with Crippen LogP contribution in [0.2, 0.25) is 0 Å². The topological polar surface area (TPSA) is 98.7 Å². The number of fused-ring (bicyclic) bond motifs is 1. The molecule has 0 aliphatic carbocycles. The lowest BCUT2D eigenvalue weighted by atomic mass is 10.0. The molecular weight excluding hydrogens is 362 g/mol. The van der Waals surface area contributed by atoms with Crippen LogP contribution in [0.15, 0.2) is 30.5 Å². The highest BCUT2D eigenvalue weighted by molar-refractivity contribution is 5.90. The van der Waals surface area contributed by atoms with E-state index < -0.39 is 29.6 Å².